The summed E-state index contributed by atoms with van der Waals surface area (Å²) in [5.74, 6) is -9.53. The molecule has 1 aromatic carbocycles. The fourth-order valence-electron chi connectivity index (χ4n) is 4.59. The summed E-state index contributed by atoms with van der Waals surface area (Å²) in [7, 11) is 0. The van der Waals surface area contributed by atoms with Crippen molar-refractivity contribution in [2.45, 2.75) is 44.2 Å². The van der Waals surface area contributed by atoms with Crippen molar-refractivity contribution in [2.24, 2.45) is 41.2 Å². The van der Waals surface area contributed by atoms with Gasteiger partial charge in [-0.3, -0.25) is 14.4 Å². The zero-order valence-corrected chi connectivity index (χ0v) is 22.2. The molecule has 1 aromatic rings. The number of carbonyl (C=O) groups excluding carboxylic acids is 4. The molecule has 0 heterocycles. The minimum atomic E-state index is -1.89. The molecule has 0 amide bonds. The average Bonchev–Trinajstić information content (AvgIpc) is 3.57. The molecule has 2 fully saturated rings. The van der Waals surface area contributed by atoms with Crippen LogP contribution in [0.25, 0.3) is 0 Å². The summed E-state index contributed by atoms with van der Waals surface area (Å²) in [5.41, 5.74) is 4.66. The number of hydrogen-bond donors (Lipinski definition) is 2. The molecule has 210 valence electrons. The van der Waals surface area contributed by atoms with Crippen molar-refractivity contribution in [1.82, 2.24) is 0 Å². The minimum absolute atomic E-state index is 0.00435. The average molecular weight is 560 g/mol. The number of halogens is 2. The SMILES string of the molecule is CC(C)C(=O)OCOC(=O)[C@@H]1C2[C@H]1[C@H](O)[C@@H](CSc1ccc(F)c(F)c1)[C@@]2(N)C(=O)OCOC(=O)C(C)C. The molecule has 3 rings (SSSR count). The van der Waals surface area contributed by atoms with Crippen LogP contribution in [0, 0.1) is 47.1 Å². The smallest absolute Gasteiger partial charge is 0.329 e. The summed E-state index contributed by atoms with van der Waals surface area (Å²) in [6.07, 6.45) is -1.25. The van der Waals surface area contributed by atoms with Gasteiger partial charge in [0.05, 0.1) is 23.9 Å². The quantitative estimate of drug-likeness (QED) is 0.233. The highest BCUT2D eigenvalue weighted by Crippen LogP contribution is 2.64. The maximum absolute atomic E-state index is 13.6. The monoisotopic (exact) mass is 559 g/mol. The van der Waals surface area contributed by atoms with Gasteiger partial charge in [0.1, 0.15) is 5.54 Å². The Kier molecular flexibility index (Phi) is 9.37. The summed E-state index contributed by atoms with van der Waals surface area (Å²) in [6.45, 7) is 5.05. The zero-order valence-electron chi connectivity index (χ0n) is 21.3. The van der Waals surface area contributed by atoms with Gasteiger partial charge in [0, 0.05) is 28.4 Å². The molecule has 13 heteroatoms. The van der Waals surface area contributed by atoms with Crippen LogP contribution in [-0.4, -0.2) is 60.0 Å². The Hall–Kier alpha value is -2.77. The molecule has 2 saturated carbocycles. The molecule has 6 atom stereocenters. The van der Waals surface area contributed by atoms with Gasteiger partial charge in [-0.25, -0.2) is 13.6 Å². The summed E-state index contributed by atoms with van der Waals surface area (Å²) in [5, 5.41) is 11.0. The van der Waals surface area contributed by atoms with E-state index in [1.165, 1.54) is 6.07 Å². The van der Waals surface area contributed by atoms with Gasteiger partial charge in [0.15, 0.2) is 11.6 Å². The molecular formula is C25H31F2NO9S. The van der Waals surface area contributed by atoms with Gasteiger partial charge in [-0.2, -0.15) is 0 Å². The van der Waals surface area contributed by atoms with Crippen molar-refractivity contribution in [2.75, 3.05) is 19.3 Å². The third-order valence-corrected chi connectivity index (χ3v) is 7.84. The fourth-order valence-corrected chi connectivity index (χ4v) is 5.79. The number of carbonyl (C=O) groups is 4. The van der Waals surface area contributed by atoms with E-state index in [1.807, 2.05) is 0 Å². The first-order valence-corrected chi connectivity index (χ1v) is 13.0. The lowest BCUT2D eigenvalue weighted by molar-refractivity contribution is -0.175. The number of nitrogens with two attached hydrogens (primary N) is 1. The van der Waals surface area contributed by atoms with Crippen molar-refractivity contribution in [3.05, 3.63) is 29.8 Å². The van der Waals surface area contributed by atoms with E-state index in [4.69, 9.17) is 24.7 Å². The largest absolute Gasteiger partial charge is 0.428 e. The number of hydrogen-bond acceptors (Lipinski definition) is 11. The number of fused-ring (bicyclic) bond motifs is 1. The molecule has 0 radical (unpaired) electrons. The van der Waals surface area contributed by atoms with Crippen LogP contribution in [0.2, 0.25) is 0 Å². The van der Waals surface area contributed by atoms with E-state index in [-0.39, 0.29) is 5.75 Å². The summed E-state index contributed by atoms with van der Waals surface area (Å²) in [4.78, 5) is 49.5. The van der Waals surface area contributed by atoms with Crippen LogP contribution >= 0.6 is 11.8 Å². The number of aliphatic hydroxyl groups is 1. The van der Waals surface area contributed by atoms with Crippen molar-refractivity contribution in [3.63, 3.8) is 0 Å². The highest BCUT2D eigenvalue weighted by atomic mass is 32.2. The number of esters is 4. The molecule has 0 aliphatic heterocycles. The molecule has 10 nitrogen and oxygen atoms in total. The molecule has 38 heavy (non-hydrogen) atoms. The van der Waals surface area contributed by atoms with E-state index in [9.17, 15) is 33.1 Å². The molecule has 0 saturated heterocycles. The maximum atomic E-state index is 13.6. The molecule has 0 aromatic heterocycles. The standard InChI is InChI=1S/C25H31F2NO9S/c1-11(2)21(30)34-9-36-23(32)18-17-19(18)25(28,24(33)37-10-35-22(31)12(3)4)14(20(17)29)8-38-13-5-6-15(26)16(27)7-13/h5-7,11-12,14,17-20,29H,8-10,28H2,1-4H3/t14-,17+,18+,19?,20-,25+/m1/s1. The van der Waals surface area contributed by atoms with Crippen LogP contribution in [0.15, 0.2) is 23.1 Å². The Labute approximate surface area is 222 Å². The van der Waals surface area contributed by atoms with Crippen molar-refractivity contribution >= 4 is 35.6 Å². The van der Waals surface area contributed by atoms with E-state index in [2.05, 4.69) is 0 Å². The van der Waals surface area contributed by atoms with Gasteiger partial charge in [-0.1, -0.05) is 27.7 Å². The highest BCUT2D eigenvalue weighted by molar-refractivity contribution is 7.99. The Morgan fingerprint density at radius 2 is 1.55 bits per heavy atom. The number of thioether (sulfide) groups is 1. The molecule has 3 N–H and O–H groups in total. The van der Waals surface area contributed by atoms with E-state index in [0.717, 1.165) is 23.9 Å². The Balaban J connectivity index is 1.73. The van der Waals surface area contributed by atoms with E-state index in [1.54, 1.807) is 27.7 Å². The fraction of sp³-hybridized carbons (Fsp3) is 0.600. The summed E-state index contributed by atoms with van der Waals surface area (Å²) < 4.78 is 46.8. The predicted molar refractivity (Wildman–Crippen MR) is 128 cm³/mol. The van der Waals surface area contributed by atoms with E-state index >= 15 is 0 Å². The molecular weight excluding hydrogens is 528 g/mol. The third kappa shape index (κ3) is 6.10. The van der Waals surface area contributed by atoms with E-state index in [0.29, 0.717) is 4.90 Å². The Morgan fingerprint density at radius 1 is 0.974 bits per heavy atom. The van der Waals surface area contributed by atoms with Gasteiger partial charge in [-0.05, 0) is 18.2 Å². The minimum Gasteiger partial charge on any atom is -0.428 e. The maximum Gasteiger partial charge on any atom is 0.329 e. The normalized spacial score (nSPS) is 27.6. The molecule has 2 aliphatic carbocycles. The van der Waals surface area contributed by atoms with Crippen LogP contribution in [0.4, 0.5) is 8.78 Å². The molecule has 0 bridgehead atoms. The molecule has 1 unspecified atom stereocenters. The van der Waals surface area contributed by atoms with Crippen LogP contribution < -0.4 is 5.73 Å². The lowest BCUT2D eigenvalue weighted by Crippen LogP contribution is -2.59. The van der Waals surface area contributed by atoms with Gasteiger partial charge >= 0.3 is 23.9 Å². The molecule has 2 aliphatic rings. The number of benzene rings is 1. The van der Waals surface area contributed by atoms with Crippen molar-refractivity contribution in [1.29, 1.82) is 0 Å². The van der Waals surface area contributed by atoms with Gasteiger partial charge in [0.25, 0.3) is 0 Å². The lowest BCUT2D eigenvalue weighted by atomic mass is 9.81. The Morgan fingerprint density at radius 3 is 2.11 bits per heavy atom. The van der Waals surface area contributed by atoms with Gasteiger partial charge in [-0.15, -0.1) is 11.8 Å². The van der Waals surface area contributed by atoms with Crippen LogP contribution in [0.1, 0.15) is 27.7 Å². The lowest BCUT2D eigenvalue weighted by Gasteiger charge is -2.34. The topological polar surface area (TPSA) is 151 Å². The highest BCUT2D eigenvalue weighted by Gasteiger charge is 2.78. The van der Waals surface area contributed by atoms with Crippen LogP contribution in [0.3, 0.4) is 0 Å². The number of rotatable bonds is 11. The van der Waals surface area contributed by atoms with Crippen molar-refractivity contribution < 1.29 is 52.0 Å². The second-order valence-corrected chi connectivity index (χ2v) is 11.0. The second kappa shape index (κ2) is 12.0. The first-order valence-electron chi connectivity index (χ1n) is 12.0. The third-order valence-electron chi connectivity index (χ3n) is 6.73. The number of aliphatic hydroxyl groups excluding tert-OH is 1. The zero-order chi connectivity index (χ0) is 28.4. The number of ether oxygens (including phenoxy) is 4. The predicted octanol–water partition coefficient (Wildman–Crippen LogP) is 2.01. The molecule has 0 spiro atoms. The summed E-state index contributed by atoms with van der Waals surface area (Å²) >= 11 is 1.04. The van der Waals surface area contributed by atoms with Crippen LogP contribution in [0.5, 0.6) is 0 Å². The summed E-state index contributed by atoms with van der Waals surface area (Å²) in [6, 6.07) is 3.26. The van der Waals surface area contributed by atoms with Crippen LogP contribution in [-0.2, 0) is 38.1 Å². The first-order chi connectivity index (χ1) is 17.8. The second-order valence-electron chi connectivity index (χ2n) is 9.91. The first kappa shape index (κ1) is 29.8. The van der Waals surface area contributed by atoms with Gasteiger partial charge in [0.2, 0.25) is 13.6 Å². The van der Waals surface area contributed by atoms with Gasteiger partial charge < -0.3 is 29.8 Å². The van der Waals surface area contributed by atoms with E-state index < -0.39 is 96.2 Å². The Bertz CT molecular complexity index is 1080. The van der Waals surface area contributed by atoms with Crippen molar-refractivity contribution in [3.8, 4) is 0 Å².